The van der Waals surface area contributed by atoms with Gasteiger partial charge in [-0.25, -0.2) is 9.59 Å². The summed E-state index contributed by atoms with van der Waals surface area (Å²) in [7, 11) is 0. The van der Waals surface area contributed by atoms with Crippen LogP contribution in [0.4, 0.5) is 0 Å². The molecule has 3 rings (SSSR count). The summed E-state index contributed by atoms with van der Waals surface area (Å²) >= 11 is 1.80. The van der Waals surface area contributed by atoms with E-state index in [0.29, 0.717) is 0 Å². The van der Waals surface area contributed by atoms with E-state index in [9.17, 15) is 0 Å². The Morgan fingerprint density at radius 2 is 2.00 bits per heavy atom. The third-order valence-corrected chi connectivity index (χ3v) is 5.06. The maximum absolute atomic E-state index is 9.10. The fourth-order valence-corrected chi connectivity index (χ4v) is 3.65. The molecule has 0 atom stereocenters. The summed E-state index contributed by atoms with van der Waals surface area (Å²) in [6.45, 7) is 5.55. The molecule has 1 aromatic carbocycles. The third-order valence-electron chi connectivity index (χ3n) is 3.89. The molecule has 0 saturated carbocycles. The van der Waals surface area contributed by atoms with Crippen molar-refractivity contribution in [2.24, 2.45) is 0 Å². The fraction of sp³-hybridized carbons (Fsp3) is 0.278. The van der Waals surface area contributed by atoms with Crippen molar-refractivity contribution in [1.29, 1.82) is 5.26 Å². The zero-order valence-corrected chi connectivity index (χ0v) is 14.5. The molecule has 1 aliphatic rings. The van der Waals surface area contributed by atoms with E-state index in [4.69, 9.17) is 25.1 Å². The minimum Gasteiger partial charge on any atom is -0.473 e. The number of rotatable bonds is 2. The van der Waals surface area contributed by atoms with Gasteiger partial charge in [0.2, 0.25) is 0 Å². The quantitative estimate of drug-likeness (QED) is 0.800. The Morgan fingerprint density at radius 1 is 1.28 bits per heavy atom. The van der Waals surface area contributed by atoms with Gasteiger partial charge in [-0.1, -0.05) is 19.1 Å². The lowest BCUT2D eigenvalue weighted by molar-refractivity contribution is -0.159. The van der Waals surface area contributed by atoms with Gasteiger partial charge in [-0.2, -0.15) is 5.26 Å². The smallest absolute Gasteiger partial charge is 0.414 e. The second kappa shape index (κ2) is 8.42. The third kappa shape index (κ3) is 4.89. The molecule has 0 spiro atoms. The number of thiophene rings is 1. The van der Waals surface area contributed by atoms with Crippen molar-refractivity contribution in [3.8, 4) is 6.07 Å². The van der Waals surface area contributed by atoms with Crippen LogP contribution in [0, 0.1) is 11.3 Å². The van der Waals surface area contributed by atoms with Crippen molar-refractivity contribution < 1.29 is 19.8 Å². The van der Waals surface area contributed by atoms with Gasteiger partial charge >= 0.3 is 11.9 Å². The number of carbonyl (C=O) groups is 2. The lowest BCUT2D eigenvalue weighted by Crippen LogP contribution is -2.27. The maximum atomic E-state index is 9.10. The SMILES string of the molecule is CCN1CC=C(c2cc3ccc(C#N)cc3s2)CC1.O=C(O)C(=O)O. The lowest BCUT2D eigenvalue weighted by atomic mass is 10.1. The number of fused-ring (bicyclic) bond motifs is 1. The summed E-state index contributed by atoms with van der Waals surface area (Å²) < 4.78 is 1.22. The number of hydrogen-bond donors (Lipinski definition) is 2. The van der Waals surface area contributed by atoms with Gasteiger partial charge in [-0.3, -0.25) is 4.90 Å². The van der Waals surface area contributed by atoms with Gasteiger partial charge in [-0.15, -0.1) is 11.3 Å². The molecule has 25 heavy (non-hydrogen) atoms. The lowest BCUT2D eigenvalue weighted by Gasteiger charge is -2.24. The Labute approximate surface area is 149 Å². The molecule has 0 amide bonds. The van der Waals surface area contributed by atoms with Crippen molar-refractivity contribution in [2.45, 2.75) is 13.3 Å². The van der Waals surface area contributed by atoms with Gasteiger partial charge < -0.3 is 10.2 Å². The van der Waals surface area contributed by atoms with Crippen LogP contribution in [0.2, 0.25) is 0 Å². The van der Waals surface area contributed by atoms with Crippen LogP contribution in [0.1, 0.15) is 23.8 Å². The van der Waals surface area contributed by atoms with E-state index in [-0.39, 0.29) is 0 Å². The fourth-order valence-electron chi connectivity index (χ4n) is 2.48. The van der Waals surface area contributed by atoms with Crippen LogP contribution >= 0.6 is 11.3 Å². The first kappa shape index (κ1) is 18.6. The molecule has 7 heteroatoms. The predicted molar refractivity (Wildman–Crippen MR) is 96.5 cm³/mol. The van der Waals surface area contributed by atoms with Gasteiger partial charge in [0.15, 0.2) is 0 Å². The molecule has 1 aliphatic heterocycles. The van der Waals surface area contributed by atoms with Crippen LogP contribution in [0.3, 0.4) is 0 Å². The Kier molecular flexibility index (Phi) is 6.28. The van der Waals surface area contributed by atoms with Crippen molar-refractivity contribution in [1.82, 2.24) is 4.90 Å². The molecule has 0 aliphatic carbocycles. The van der Waals surface area contributed by atoms with E-state index in [1.54, 1.807) is 11.3 Å². The molecule has 2 aromatic rings. The van der Waals surface area contributed by atoms with Gasteiger partial charge in [0, 0.05) is 22.7 Å². The van der Waals surface area contributed by atoms with Gasteiger partial charge in [0.1, 0.15) is 0 Å². The number of benzene rings is 1. The number of nitriles is 1. The molecule has 0 unspecified atom stereocenters. The molecule has 0 bridgehead atoms. The van der Waals surface area contributed by atoms with Crippen LogP contribution in [-0.4, -0.2) is 46.7 Å². The van der Waals surface area contributed by atoms with Crippen molar-refractivity contribution in [2.75, 3.05) is 19.6 Å². The number of carboxylic acids is 2. The first-order valence-corrected chi connectivity index (χ1v) is 8.58. The van der Waals surface area contributed by atoms with Crippen LogP contribution in [0.5, 0.6) is 0 Å². The largest absolute Gasteiger partial charge is 0.473 e. The van der Waals surface area contributed by atoms with Gasteiger partial charge in [0.25, 0.3) is 0 Å². The van der Waals surface area contributed by atoms with E-state index in [1.165, 1.54) is 20.5 Å². The van der Waals surface area contributed by atoms with E-state index >= 15 is 0 Å². The molecule has 2 N–H and O–H groups in total. The van der Waals surface area contributed by atoms with Crippen LogP contribution < -0.4 is 0 Å². The summed E-state index contributed by atoms with van der Waals surface area (Å²) in [4.78, 5) is 22.0. The summed E-state index contributed by atoms with van der Waals surface area (Å²) in [6.07, 6.45) is 3.48. The summed E-state index contributed by atoms with van der Waals surface area (Å²) in [5, 5.41) is 25.0. The molecule has 0 radical (unpaired) electrons. The second-order valence-corrected chi connectivity index (χ2v) is 6.54. The highest BCUT2D eigenvalue weighted by atomic mass is 32.1. The Balaban J connectivity index is 0.000000326. The van der Waals surface area contributed by atoms with Gasteiger partial charge in [0.05, 0.1) is 11.6 Å². The highest BCUT2D eigenvalue weighted by molar-refractivity contribution is 7.20. The first-order chi connectivity index (χ1) is 11.9. The minimum absolute atomic E-state index is 0.746. The Bertz CT molecular complexity index is 852. The summed E-state index contributed by atoms with van der Waals surface area (Å²) in [6, 6.07) is 10.4. The van der Waals surface area contributed by atoms with E-state index in [1.807, 2.05) is 12.1 Å². The highest BCUT2D eigenvalue weighted by Crippen LogP contribution is 2.33. The maximum Gasteiger partial charge on any atom is 0.414 e. The molecule has 0 saturated heterocycles. The number of carboxylic acid groups (broad SMARTS) is 2. The predicted octanol–water partition coefficient (Wildman–Crippen LogP) is 3.04. The molecular weight excluding hydrogens is 340 g/mol. The van der Waals surface area contributed by atoms with Crippen LogP contribution in [-0.2, 0) is 9.59 Å². The summed E-state index contributed by atoms with van der Waals surface area (Å²) in [5.74, 6) is -3.65. The van der Waals surface area contributed by atoms with Crippen LogP contribution in [0.25, 0.3) is 15.7 Å². The molecule has 0 fully saturated rings. The average Bonchev–Trinajstić information content (AvgIpc) is 3.05. The molecule has 1 aromatic heterocycles. The standard InChI is InChI=1S/C16H16N2S.C2H2O4/c1-2-18-7-5-13(6-8-18)16-10-14-4-3-12(11-17)9-15(14)19-16;3-1(4)2(5)6/h3-5,9-10H,2,6-8H2,1H3;(H,3,4)(H,5,6). The Hall–Kier alpha value is -2.69. The number of hydrogen-bond acceptors (Lipinski definition) is 5. The normalized spacial score (nSPS) is 14.2. The summed E-state index contributed by atoms with van der Waals surface area (Å²) in [5.41, 5.74) is 2.21. The molecule has 2 heterocycles. The topological polar surface area (TPSA) is 102 Å². The number of likely N-dealkylation sites (N-methyl/N-ethyl adjacent to an activating group) is 1. The number of aliphatic carboxylic acids is 2. The molecule has 130 valence electrons. The average molecular weight is 358 g/mol. The number of nitrogens with zero attached hydrogens (tertiary/aromatic N) is 2. The van der Waals surface area contributed by atoms with Gasteiger partial charge in [-0.05, 0) is 42.1 Å². The van der Waals surface area contributed by atoms with E-state index in [0.717, 1.165) is 31.6 Å². The van der Waals surface area contributed by atoms with Crippen molar-refractivity contribution in [3.05, 3.63) is 40.8 Å². The molecular formula is C18H18N2O4S. The minimum atomic E-state index is -1.82. The zero-order valence-electron chi connectivity index (χ0n) is 13.7. The first-order valence-electron chi connectivity index (χ1n) is 7.76. The highest BCUT2D eigenvalue weighted by Gasteiger charge is 2.13. The molecule has 6 nitrogen and oxygen atoms in total. The second-order valence-electron chi connectivity index (χ2n) is 5.46. The van der Waals surface area contributed by atoms with E-state index in [2.05, 4.69) is 36.1 Å². The van der Waals surface area contributed by atoms with E-state index < -0.39 is 11.9 Å². The Morgan fingerprint density at radius 3 is 2.52 bits per heavy atom. The van der Waals surface area contributed by atoms with Crippen molar-refractivity contribution >= 4 is 38.9 Å². The van der Waals surface area contributed by atoms with Crippen LogP contribution in [0.15, 0.2) is 30.3 Å². The zero-order chi connectivity index (χ0) is 18.4. The van der Waals surface area contributed by atoms with Crippen molar-refractivity contribution in [3.63, 3.8) is 0 Å². The monoisotopic (exact) mass is 358 g/mol.